The van der Waals surface area contributed by atoms with E-state index in [1.165, 1.54) is 18.5 Å². The molecule has 1 fully saturated rings. The van der Waals surface area contributed by atoms with Crippen LogP contribution < -0.4 is 5.32 Å². The van der Waals surface area contributed by atoms with E-state index in [1.54, 1.807) is 23.2 Å². The Morgan fingerprint density at radius 2 is 2.21 bits per heavy atom. The first-order valence-electron chi connectivity index (χ1n) is 9.30. The minimum absolute atomic E-state index is 0.0323. The van der Waals surface area contributed by atoms with Crippen LogP contribution in [0.1, 0.15) is 24.5 Å². The summed E-state index contributed by atoms with van der Waals surface area (Å²) in [5.74, 6) is -0.0404. The summed E-state index contributed by atoms with van der Waals surface area (Å²) in [5.41, 5.74) is 1.73. The molecule has 8 heteroatoms. The van der Waals surface area contributed by atoms with Gasteiger partial charge in [0.1, 0.15) is 12.1 Å². The fourth-order valence-corrected chi connectivity index (χ4v) is 3.75. The number of pyridine rings is 1. The minimum Gasteiger partial charge on any atom is -0.339 e. The molecule has 0 spiro atoms. The predicted octanol–water partition coefficient (Wildman–Crippen LogP) is 4.45. The summed E-state index contributed by atoms with van der Waals surface area (Å²) in [4.78, 5) is 26.9. The third-order valence-corrected chi connectivity index (χ3v) is 5.37. The number of likely N-dealkylation sites (tertiary alicyclic amines) is 1. The number of carbonyl (C=O) groups is 1. The minimum atomic E-state index is -0.541. The van der Waals surface area contributed by atoms with E-state index < -0.39 is 5.82 Å². The van der Waals surface area contributed by atoms with Crippen molar-refractivity contribution in [2.24, 2.45) is 0 Å². The third-order valence-electron chi connectivity index (χ3n) is 5.07. The molecule has 3 heterocycles. The van der Waals surface area contributed by atoms with Crippen LogP contribution >= 0.6 is 11.6 Å². The van der Waals surface area contributed by atoms with Crippen LogP contribution in [-0.2, 0) is 4.79 Å². The Bertz CT molecular complexity index is 1090. The van der Waals surface area contributed by atoms with Crippen molar-refractivity contribution in [3.05, 3.63) is 66.0 Å². The molecule has 1 atom stereocenters. The topological polar surface area (TPSA) is 71.0 Å². The number of aromatic nitrogens is 3. The van der Waals surface area contributed by atoms with E-state index in [4.69, 9.17) is 11.6 Å². The van der Waals surface area contributed by atoms with Gasteiger partial charge in [-0.25, -0.2) is 14.4 Å². The fraction of sp³-hybridized carbons (Fsp3) is 0.238. The number of carbonyl (C=O) groups excluding carboxylic acids is 1. The fourth-order valence-electron chi connectivity index (χ4n) is 3.57. The first kappa shape index (κ1) is 19.3. The number of benzene rings is 1. The standard InChI is InChI=1S/C21H19ClFN5O/c1-2-19(29)28-8-4-5-13(11-28)17-9-14-18(10-24-17)25-12-26-21(14)27-16-7-3-6-15(22)20(16)23/h2-3,6-7,9-10,12-13H,1,4-5,8,11H2,(H,25,26,27)/t13-/m0/s1. The molecule has 148 valence electrons. The van der Waals surface area contributed by atoms with Crippen LogP contribution in [0, 0.1) is 5.82 Å². The molecule has 0 unspecified atom stereocenters. The van der Waals surface area contributed by atoms with E-state index in [2.05, 4.69) is 26.8 Å². The van der Waals surface area contributed by atoms with Gasteiger partial charge in [-0.05, 0) is 37.1 Å². The van der Waals surface area contributed by atoms with Crippen molar-refractivity contribution in [1.29, 1.82) is 0 Å². The molecule has 29 heavy (non-hydrogen) atoms. The van der Waals surface area contributed by atoms with Crippen molar-refractivity contribution >= 4 is 39.9 Å². The number of hydrogen-bond acceptors (Lipinski definition) is 5. The average molecular weight is 412 g/mol. The Morgan fingerprint density at radius 1 is 1.34 bits per heavy atom. The Hall–Kier alpha value is -3.06. The van der Waals surface area contributed by atoms with Gasteiger partial charge in [0.05, 0.1) is 22.4 Å². The van der Waals surface area contributed by atoms with Gasteiger partial charge in [0.15, 0.2) is 5.82 Å². The number of hydrogen-bond donors (Lipinski definition) is 1. The molecule has 1 aromatic carbocycles. The van der Waals surface area contributed by atoms with Crippen molar-refractivity contribution in [3.8, 4) is 0 Å². The summed E-state index contributed by atoms with van der Waals surface area (Å²) in [6, 6.07) is 6.66. The van der Waals surface area contributed by atoms with Crippen molar-refractivity contribution < 1.29 is 9.18 Å². The lowest BCUT2D eigenvalue weighted by Gasteiger charge is -2.31. The summed E-state index contributed by atoms with van der Waals surface area (Å²) in [7, 11) is 0. The highest BCUT2D eigenvalue weighted by atomic mass is 35.5. The smallest absolute Gasteiger partial charge is 0.245 e. The molecule has 2 aromatic heterocycles. The van der Waals surface area contributed by atoms with Crippen LogP contribution in [0.4, 0.5) is 15.9 Å². The number of halogens is 2. The van der Waals surface area contributed by atoms with Gasteiger partial charge in [-0.2, -0.15) is 0 Å². The molecule has 6 nitrogen and oxygen atoms in total. The van der Waals surface area contributed by atoms with Gasteiger partial charge < -0.3 is 10.2 Å². The first-order chi connectivity index (χ1) is 14.1. The number of nitrogens with one attached hydrogen (secondary N) is 1. The number of rotatable bonds is 4. The highest BCUT2D eigenvalue weighted by molar-refractivity contribution is 6.31. The molecule has 1 aliphatic heterocycles. The van der Waals surface area contributed by atoms with Crippen LogP contribution in [0.2, 0.25) is 5.02 Å². The van der Waals surface area contributed by atoms with Crippen LogP contribution in [0.25, 0.3) is 10.9 Å². The summed E-state index contributed by atoms with van der Waals surface area (Å²) in [6.45, 7) is 4.87. The second-order valence-electron chi connectivity index (χ2n) is 6.90. The largest absolute Gasteiger partial charge is 0.339 e. The number of fused-ring (bicyclic) bond motifs is 1. The molecular weight excluding hydrogens is 393 g/mol. The van der Waals surface area contributed by atoms with Gasteiger partial charge in [-0.1, -0.05) is 24.2 Å². The maximum absolute atomic E-state index is 14.3. The quantitative estimate of drug-likeness (QED) is 0.642. The van der Waals surface area contributed by atoms with Gasteiger partial charge in [0, 0.05) is 30.1 Å². The van der Waals surface area contributed by atoms with Crippen molar-refractivity contribution in [3.63, 3.8) is 0 Å². The molecule has 0 radical (unpaired) electrons. The third kappa shape index (κ3) is 3.91. The second-order valence-corrected chi connectivity index (χ2v) is 7.31. The zero-order valence-electron chi connectivity index (χ0n) is 15.6. The van der Waals surface area contributed by atoms with E-state index in [0.29, 0.717) is 17.9 Å². The lowest BCUT2D eigenvalue weighted by molar-refractivity contribution is -0.127. The second kappa shape index (κ2) is 8.13. The van der Waals surface area contributed by atoms with E-state index in [0.717, 1.165) is 30.5 Å². The van der Waals surface area contributed by atoms with Gasteiger partial charge in [0.2, 0.25) is 5.91 Å². The van der Waals surface area contributed by atoms with Crippen LogP contribution in [0.3, 0.4) is 0 Å². The number of anilines is 2. The van der Waals surface area contributed by atoms with E-state index in [-0.39, 0.29) is 22.5 Å². The molecule has 1 saturated heterocycles. The Labute approximate surface area is 172 Å². The highest BCUT2D eigenvalue weighted by Crippen LogP contribution is 2.31. The van der Waals surface area contributed by atoms with E-state index in [1.807, 2.05) is 6.07 Å². The molecule has 4 rings (SSSR count). The number of amides is 1. The van der Waals surface area contributed by atoms with Crippen LogP contribution in [0.5, 0.6) is 0 Å². The SMILES string of the molecule is C=CC(=O)N1CCC[C@H](c2cc3c(Nc4cccc(Cl)c4F)ncnc3cn2)C1. The van der Waals surface area contributed by atoms with Gasteiger partial charge in [0.25, 0.3) is 0 Å². The molecule has 0 saturated carbocycles. The Kier molecular flexibility index (Phi) is 5.40. The van der Waals surface area contributed by atoms with Crippen molar-refractivity contribution in [2.75, 3.05) is 18.4 Å². The molecule has 3 aromatic rings. The molecule has 1 aliphatic rings. The van der Waals surface area contributed by atoms with Crippen molar-refractivity contribution in [2.45, 2.75) is 18.8 Å². The van der Waals surface area contributed by atoms with Crippen LogP contribution in [-0.4, -0.2) is 38.8 Å². The monoisotopic (exact) mass is 411 g/mol. The molecule has 0 bridgehead atoms. The van der Waals surface area contributed by atoms with Gasteiger partial charge in [-0.15, -0.1) is 0 Å². The van der Waals surface area contributed by atoms with E-state index in [9.17, 15) is 9.18 Å². The molecule has 1 amide bonds. The zero-order valence-corrected chi connectivity index (χ0v) is 16.4. The van der Waals surface area contributed by atoms with Crippen molar-refractivity contribution in [1.82, 2.24) is 19.9 Å². The number of piperidine rings is 1. The van der Waals surface area contributed by atoms with Crippen LogP contribution in [0.15, 0.2) is 49.4 Å². The Morgan fingerprint density at radius 3 is 3.03 bits per heavy atom. The highest BCUT2D eigenvalue weighted by Gasteiger charge is 2.25. The maximum Gasteiger partial charge on any atom is 0.245 e. The lowest BCUT2D eigenvalue weighted by atomic mass is 9.93. The molecule has 1 N–H and O–H groups in total. The summed E-state index contributed by atoms with van der Waals surface area (Å²) >= 11 is 5.88. The average Bonchev–Trinajstić information content (AvgIpc) is 2.76. The predicted molar refractivity (Wildman–Crippen MR) is 111 cm³/mol. The van der Waals surface area contributed by atoms with Gasteiger partial charge >= 0.3 is 0 Å². The van der Waals surface area contributed by atoms with E-state index >= 15 is 0 Å². The maximum atomic E-state index is 14.3. The summed E-state index contributed by atoms with van der Waals surface area (Å²) in [5, 5.41) is 3.76. The first-order valence-corrected chi connectivity index (χ1v) is 9.67. The summed E-state index contributed by atoms with van der Waals surface area (Å²) < 4.78 is 14.3. The zero-order chi connectivity index (χ0) is 20.4. The lowest BCUT2D eigenvalue weighted by Crippen LogP contribution is -2.38. The number of nitrogens with zero attached hydrogens (tertiary/aromatic N) is 4. The molecular formula is C21H19ClFN5O. The Balaban J connectivity index is 1.68. The van der Waals surface area contributed by atoms with Gasteiger partial charge in [-0.3, -0.25) is 9.78 Å². The molecule has 0 aliphatic carbocycles. The normalized spacial score (nSPS) is 16.6. The summed E-state index contributed by atoms with van der Waals surface area (Å²) in [6.07, 6.45) is 6.25.